The topological polar surface area (TPSA) is 23.6 Å². The highest BCUT2D eigenvalue weighted by atomic mass is 32.2. The molecule has 4 heteroatoms. The van der Waals surface area contributed by atoms with Crippen LogP contribution < -0.4 is 4.90 Å². The number of amides is 1. The lowest BCUT2D eigenvalue weighted by Gasteiger charge is -2.35. The summed E-state index contributed by atoms with van der Waals surface area (Å²) in [6.07, 6.45) is 1.99. The fourth-order valence-corrected chi connectivity index (χ4v) is 4.09. The minimum atomic E-state index is 0.244. The van der Waals surface area contributed by atoms with Gasteiger partial charge in [-0.1, -0.05) is 18.2 Å². The van der Waals surface area contributed by atoms with Crippen LogP contribution in [0.3, 0.4) is 0 Å². The number of para-hydroxylation sites is 1. The maximum Gasteiger partial charge on any atom is 0.226 e. The summed E-state index contributed by atoms with van der Waals surface area (Å²) in [6, 6.07) is 8.53. The fraction of sp³-hybridized carbons (Fsp3) is 0.562. The van der Waals surface area contributed by atoms with Gasteiger partial charge in [-0.2, -0.15) is 0 Å². The van der Waals surface area contributed by atoms with Gasteiger partial charge in [0.05, 0.1) is 5.88 Å². The summed E-state index contributed by atoms with van der Waals surface area (Å²) in [7, 11) is 0. The van der Waals surface area contributed by atoms with E-state index in [0.717, 1.165) is 44.1 Å². The molecule has 3 rings (SSSR count). The van der Waals surface area contributed by atoms with Crippen molar-refractivity contribution in [3.05, 3.63) is 29.8 Å². The number of piperidine rings is 1. The molecule has 1 aromatic rings. The van der Waals surface area contributed by atoms with Crippen molar-refractivity contribution in [2.45, 2.75) is 19.8 Å². The normalized spacial score (nSPS) is 20.4. The number of hydrogen-bond acceptors (Lipinski definition) is 3. The smallest absolute Gasteiger partial charge is 0.226 e. The predicted molar refractivity (Wildman–Crippen MR) is 85.2 cm³/mol. The molecule has 1 amide bonds. The molecule has 0 N–H and O–H groups in total. The molecule has 0 spiro atoms. The van der Waals surface area contributed by atoms with E-state index in [4.69, 9.17) is 0 Å². The molecule has 0 aliphatic carbocycles. The zero-order chi connectivity index (χ0) is 13.9. The first-order chi connectivity index (χ1) is 9.75. The quantitative estimate of drug-likeness (QED) is 0.837. The SMILES string of the molecule is Cc1ccccc1N1CCC(C(=O)N2CCSC2)CC1. The molecule has 108 valence electrons. The molecule has 0 radical (unpaired) electrons. The second-order valence-corrected chi connectivity index (χ2v) is 6.76. The summed E-state index contributed by atoms with van der Waals surface area (Å²) in [5, 5.41) is 0. The summed E-state index contributed by atoms with van der Waals surface area (Å²) in [6.45, 7) is 5.11. The van der Waals surface area contributed by atoms with Crippen LogP contribution in [0.25, 0.3) is 0 Å². The molecule has 20 heavy (non-hydrogen) atoms. The van der Waals surface area contributed by atoms with E-state index in [0.29, 0.717) is 5.91 Å². The Morgan fingerprint density at radius 3 is 2.60 bits per heavy atom. The number of aryl methyl sites for hydroxylation is 1. The maximum atomic E-state index is 12.4. The summed E-state index contributed by atoms with van der Waals surface area (Å²) in [5.41, 5.74) is 2.66. The first-order valence-corrected chi connectivity index (χ1v) is 8.58. The van der Waals surface area contributed by atoms with E-state index in [1.54, 1.807) is 0 Å². The van der Waals surface area contributed by atoms with Gasteiger partial charge in [-0.15, -0.1) is 11.8 Å². The first kappa shape index (κ1) is 13.8. The van der Waals surface area contributed by atoms with Crippen molar-refractivity contribution in [1.82, 2.24) is 4.90 Å². The first-order valence-electron chi connectivity index (χ1n) is 7.43. The van der Waals surface area contributed by atoms with Gasteiger partial charge >= 0.3 is 0 Å². The zero-order valence-corrected chi connectivity index (χ0v) is 12.9. The van der Waals surface area contributed by atoms with Gasteiger partial charge in [0.15, 0.2) is 0 Å². The predicted octanol–water partition coefficient (Wildman–Crippen LogP) is 2.74. The molecular weight excluding hydrogens is 268 g/mol. The van der Waals surface area contributed by atoms with Crippen LogP contribution in [0.15, 0.2) is 24.3 Å². The van der Waals surface area contributed by atoms with Gasteiger partial charge in [0.2, 0.25) is 5.91 Å². The molecule has 3 nitrogen and oxygen atoms in total. The van der Waals surface area contributed by atoms with Gasteiger partial charge in [0, 0.05) is 37.0 Å². The maximum absolute atomic E-state index is 12.4. The molecule has 2 aliphatic rings. The molecule has 0 bridgehead atoms. The second-order valence-electron chi connectivity index (χ2n) is 5.69. The number of hydrogen-bond donors (Lipinski definition) is 0. The van der Waals surface area contributed by atoms with Crippen LogP contribution in [0.5, 0.6) is 0 Å². The number of nitrogens with zero attached hydrogens (tertiary/aromatic N) is 2. The number of rotatable bonds is 2. The van der Waals surface area contributed by atoms with Crippen LogP contribution in [0.1, 0.15) is 18.4 Å². The van der Waals surface area contributed by atoms with Crippen molar-refractivity contribution in [3.63, 3.8) is 0 Å². The van der Waals surface area contributed by atoms with Crippen molar-refractivity contribution in [3.8, 4) is 0 Å². The van der Waals surface area contributed by atoms with E-state index in [9.17, 15) is 4.79 Å². The highest BCUT2D eigenvalue weighted by Crippen LogP contribution is 2.28. The third-order valence-electron chi connectivity index (χ3n) is 4.36. The van der Waals surface area contributed by atoms with Gasteiger partial charge < -0.3 is 9.80 Å². The summed E-state index contributed by atoms with van der Waals surface area (Å²) in [5.74, 6) is 2.64. The summed E-state index contributed by atoms with van der Waals surface area (Å²) in [4.78, 5) is 16.9. The molecule has 0 atom stereocenters. The van der Waals surface area contributed by atoms with Crippen LogP contribution in [0.2, 0.25) is 0 Å². The Morgan fingerprint density at radius 2 is 1.95 bits per heavy atom. The molecule has 0 saturated carbocycles. The summed E-state index contributed by atoms with van der Waals surface area (Å²) < 4.78 is 0. The van der Waals surface area contributed by atoms with Crippen molar-refractivity contribution in [1.29, 1.82) is 0 Å². The molecule has 0 unspecified atom stereocenters. The minimum Gasteiger partial charge on any atom is -0.371 e. The standard InChI is InChI=1S/C16H22N2OS/c1-13-4-2-3-5-15(13)17-8-6-14(7-9-17)16(19)18-10-11-20-12-18/h2-5,14H,6-12H2,1H3. The Hall–Kier alpha value is -1.16. The molecule has 1 aromatic carbocycles. The number of carbonyl (C=O) groups excluding carboxylic acids is 1. The zero-order valence-electron chi connectivity index (χ0n) is 12.0. The van der Waals surface area contributed by atoms with Crippen molar-refractivity contribution in [2.24, 2.45) is 5.92 Å². The van der Waals surface area contributed by atoms with E-state index < -0.39 is 0 Å². The van der Waals surface area contributed by atoms with E-state index >= 15 is 0 Å². The van der Waals surface area contributed by atoms with Crippen molar-refractivity contribution in [2.75, 3.05) is 36.2 Å². The van der Waals surface area contributed by atoms with Gasteiger partial charge in [0.25, 0.3) is 0 Å². The average Bonchev–Trinajstić information content (AvgIpc) is 3.01. The highest BCUT2D eigenvalue weighted by Gasteiger charge is 2.30. The lowest BCUT2D eigenvalue weighted by atomic mass is 9.94. The van der Waals surface area contributed by atoms with Crippen LogP contribution in [0.4, 0.5) is 5.69 Å². The fourth-order valence-electron chi connectivity index (χ4n) is 3.13. The summed E-state index contributed by atoms with van der Waals surface area (Å²) >= 11 is 1.87. The monoisotopic (exact) mass is 290 g/mol. The van der Waals surface area contributed by atoms with Gasteiger partial charge in [-0.3, -0.25) is 4.79 Å². The Morgan fingerprint density at radius 1 is 1.20 bits per heavy atom. The molecule has 2 aliphatic heterocycles. The number of benzene rings is 1. The van der Waals surface area contributed by atoms with Crippen molar-refractivity contribution >= 4 is 23.4 Å². The number of carbonyl (C=O) groups is 1. The molecule has 0 aromatic heterocycles. The highest BCUT2D eigenvalue weighted by molar-refractivity contribution is 7.99. The lowest BCUT2D eigenvalue weighted by molar-refractivity contribution is -0.134. The molecule has 2 heterocycles. The van der Waals surface area contributed by atoms with Crippen molar-refractivity contribution < 1.29 is 4.79 Å². The van der Waals surface area contributed by atoms with Gasteiger partial charge in [0.1, 0.15) is 0 Å². The molecule has 2 fully saturated rings. The van der Waals surface area contributed by atoms with Crippen LogP contribution >= 0.6 is 11.8 Å². The van der Waals surface area contributed by atoms with Crippen LogP contribution in [0, 0.1) is 12.8 Å². The van der Waals surface area contributed by atoms with Crippen LogP contribution in [-0.2, 0) is 4.79 Å². The van der Waals surface area contributed by atoms with E-state index in [1.807, 2.05) is 16.7 Å². The third-order valence-corrected chi connectivity index (χ3v) is 5.33. The lowest BCUT2D eigenvalue weighted by Crippen LogP contribution is -2.41. The Balaban J connectivity index is 1.59. The Bertz CT molecular complexity index is 477. The Labute approximate surface area is 125 Å². The number of thioether (sulfide) groups is 1. The second kappa shape index (κ2) is 6.08. The number of anilines is 1. The van der Waals surface area contributed by atoms with Crippen LogP contribution in [-0.4, -0.2) is 42.1 Å². The van der Waals surface area contributed by atoms with Gasteiger partial charge in [-0.05, 0) is 31.4 Å². The van der Waals surface area contributed by atoms with E-state index in [1.165, 1.54) is 11.3 Å². The average molecular weight is 290 g/mol. The molecule has 2 saturated heterocycles. The van der Waals surface area contributed by atoms with E-state index in [-0.39, 0.29) is 5.92 Å². The Kier molecular flexibility index (Phi) is 4.20. The van der Waals surface area contributed by atoms with E-state index in [2.05, 4.69) is 36.1 Å². The minimum absolute atomic E-state index is 0.244. The third kappa shape index (κ3) is 2.80. The van der Waals surface area contributed by atoms with Gasteiger partial charge in [-0.25, -0.2) is 0 Å². The largest absolute Gasteiger partial charge is 0.371 e. The molecular formula is C16H22N2OS.